The van der Waals surface area contributed by atoms with E-state index in [1.807, 2.05) is 11.3 Å². The van der Waals surface area contributed by atoms with Crippen molar-refractivity contribution in [2.75, 3.05) is 4.90 Å². The van der Waals surface area contributed by atoms with Gasteiger partial charge in [0.05, 0.1) is 10.4 Å². The summed E-state index contributed by atoms with van der Waals surface area (Å²) in [7, 11) is 0. The van der Waals surface area contributed by atoms with Crippen LogP contribution in [0.25, 0.3) is 42.4 Å². The summed E-state index contributed by atoms with van der Waals surface area (Å²) in [6.45, 7) is 14.5. The maximum Gasteiger partial charge on any atom is 0.0640 e. The van der Waals surface area contributed by atoms with E-state index in [1.54, 1.807) is 0 Å². The van der Waals surface area contributed by atoms with Gasteiger partial charge in [-0.05, 0) is 86.3 Å². The summed E-state index contributed by atoms with van der Waals surface area (Å²) >= 11 is 1.93. The highest BCUT2D eigenvalue weighted by atomic mass is 32.1. The van der Waals surface area contributed by atoms with Crippen LogP contribution in [-0.2, 0) is 16.2 Å². The molecule has 1 heterocycles. The SMILES string of the molecule is CC1(C)c2ccccc2-c2ccc(N(c3ccccc3)c3cccc4c3sc3ccc5c(c34)C(C)(C)C(C)(C)c3ccccc3-5)cc21. The average molecular weight is 626 g/mol. The maximum absolute atomic E-state index is 2.48. The lowest BCUT2D eigenvalue weighted by molar-refractivity contribution is 0.301. The number of hydrogen-bond donors (Lipinski definition) is 0. The lowest BCUT2D eigenvalue weighted by Crippen LogP contribution is -2.43. The molecule has 0 unspecified atom stereocenters. The first kappa shape index (κ1) is 28.6. The van der Waals surface area contributed by atoms with E-state index >= 15 is 0 Å². The molecule has 1 aromatic heterocycles. The van der Waals surface area contributed by atoms with Crippen molar-refractivity contribution in [1.82, 2.24) is 0 Å². The number of rotatable bonds is 3. The molecule has 0 bridgehead atoms. The Hall–Kier alpha value is -4.66. The molecule has 9 rings (SSSR count). The Morgan fingerprint density at radius 3 is 1.89 bits per heavy atom. The van der Waals surface area contributed by atoms with Gasteiger partial charge >= 0.3 is 0 Å². The van der Waals surface area contributed by atoms with E-state index in [9.17, 15) is 0 Å². The van der Waals surface area contributed by atoms with Crippen molar-refractivity contribution in [3.8, 4) is 22.3 Å². The summed E-state index contributed by atoms with van der Waals surface area (Å²) in [5.74, 6) is 0. The Bertz CT molecular complexity index is 2390. The molecule has 0 fully saturated rings. The minimum absolute atomic E-state index is 0.0262. The fourth-order valence-electron chi connectivity index (χ4n) is 8.67. The molecule has 0 amide bonds. The third-order valence-corrected chi connectivity index (χ3v) is 13.0. The van der Waals surface area contributed by atoms with Gasteiger partial charge in [-0.3, -0.25) is 0 Å². The highest BCUT2D eigenvalue weighted by Crippen LogP contribution is 2.58. The number of nitrogens with zero attached hydrogens (tertiary/aromatic N) is 1. The van der Waals surface area contributed by atoms with Gasteiger partial charge in [0, 0.05) is 37.7 Å². The van der Waals surface area contributed by atoms with Crippen molar-refractivity contribution in [1.29, 1.82) is 0 Å². The number of hydrogen-bond acceptors (Lipinski definition) is 2. The van der Waals surface area contributed by atoms with Crippen LogP contribution in [0.4, 0.5) is 17.1 Å². The van der Waals surface area contributed by atoms with Crippen molar-refractivity contribution in [3.63, 3.8) is 0 Å². The number of thiophene rings is 1. The van der Waals surface area contributed by atoms with Gasteiger partial charge in [0.1, 0.15) is 0 Å². The first-order valence-electron chi connectivity index (χ1n) is 16.8. The molecular formula is C45H39NS. The van der Waals surface area contributed by atoms with Gasteiger partial charge in [-0.25, -0.2) is 0 Å². The van der Waals surface area contributed by atoms with E-state index in [0.29, 0.717) is 0 Å². The van der Waals surface area contributed by atoms with E-state index in [-0.39, 0.29) is 16.2 Å². The van der Waals surface area contributed by atoms with Crippen molar-refractivity contribution in [2.24, 2.45) is 0 Å². The Balaban J connectivity index is 1.31. The van der Waals surface area contributed by atoms with Gasteiger partial charge in [-0.15, -0.1) is 11.3 Å². The average Bonchev–Trinajstić information content (AvgIpc) is 3.57. The number of benzene rings is 6. The zero-order chi connectivity index (χ0) is 32.3. The fourth-order valence-corrected chi connectivity index (χ4v) is 9.89. The van der Waals surface area contributed by atoms with Gasteiger partial charge in [0.2, 0.25) is 0 Å². The largest absolute Gasteiger partial charge is 0.309 e. The summed E-state index contributed by atoms with van der Waals surface area (Å²) in [4.78, 5) is 2.48. The molecule has 230 valence electrons. The molecule has 2 heteroatoms. The minimum atomic E-state index is -0.0695. The number of para-hydroxylation sites is 1. The second-order valence-corrected chi connectivity index (χ2v) is 16.0. The summed E-state index contributed by atoms with van der Waals surface area (Å²) in [5, 5.41) is 2.76. The van der Waals surface area contributed by atoms with Crippen LogP contribution in [0.5, 0.6) is 0 Å². The fraction of sp³-hybridized carbons (Fsp3) is 0.200. The first-order valence-corrected chi connectivity index (χ1v) is 17.6. The normalized spacial score (nSPS) is 16.4. The molecule has 0 saturated heterocycles. The molecule has 6 aromatic carbocycles. The smallest absolute Gasteiger partial charge is 0.0640 e. The van der Waals surface area contributed by atoms with Crippen LogP contribution in [0.2, 0.25) is 0 Å². The van der Waals surface area contributed by atoms with Crippen LogP contribution in [0.3, 0.4) is 0 Å². The van der Waals surface area contributed by atoms with Gasteiger partial charge in [0.25, 0.3) is 0 Å². The molecule has 0 radical (unpaired) electrons. The summed E-state index contributed by atoms with van der Waals surface area (Å²) in [6, 6.07) is 47.6. The topological polar surface area (TPSA) is 3.24 Å². The van der Waals surface area contributed by atoms with Crippen molar-refractivity contribution in [3.05, 3.63) is 150 Å². The van der Waals surface area contributed by atoms with Crippen LogP contribution < -0.4 is 4.90 Å². The second-order valence-electron chi connectivity index (χ2n) is 15.0. The molecular weight excluding hydrogens is 587 g/mol. The third kappa shape index (κ3) is 3.77. The second kappa shape index (κ2) is 9.69. The predicted molar refractivity (Wildman–Crippen MR) is 203 cm³/mol. The molecule has 47 heavy (non-hydrogen) atoms. The molecule has 1 nitrogen and oxygen atoms in total. The maximum atomic E-state index is 2.48. The quantitative estimate of drug-likeness (QED) is 0.189. The molecule has 2 aliphatic carbocycles. The van der Waals surface area contributed by atoms with Crippen molar-refractivity contribution < 1.29 is 0 Å². The van der Waals surface area contributed by atoms with Gasteiger partial charge in [-0.2, -0.15) is 0 Å². The van der Waals surface area contributed by atoms with Crippen LogP contribution in [0.1, 0.15) is 63.8 Å². The Labute approximate surface area is 282 Å². The highest BCUT2D eigenvalue weighted by molar-refractivity contribution is 7.26. The first-order chi connectivity index (χ1) is 22.6. The number of anilines is 3. The lowest BCUT2D eigenvalue weighted by atomic mass is 9.55. The molecule has 2 aliphatic rings. The molecule has 0 saturated carbocycles. The lowest BCUT2D eigenvalue weighted by Gasteiger charge is -2.48. The molecule has 0 spiro atoms. The highest BCUT2D eigenvalue weighted by Gasteiger charge is 2.47. The van der Waals surface area contributed by atoms with Crippen molar-refractivity contribution in [2.45, 2.75) is 57.8 Å². The number of fused-ring (bicyclic) bond motifs is 10. The minimum Gasteiger partial charge on any atom is -0.309 e. The van der Waals surface area contributed by atoms with E-state index in [1.165, 1.54) is 81.7 Å². The predicted octanol–water partition coefficient (Wildman–Crippen LogP) is 13.1. The summed E-state index contributed by atoms with van der Waals surface area (Å²) < 4.78 is 2.68. The third-order valence-electron chi connectivity index (χ3n) is 11.8. The zero-order valence-corrected chi connectivity index (χ0v) is 28.8. The van der Waals surface area contributed by atoms with Gasteiger partial charge in [0.15, 0.2) is 0 Å². The summed E-state index contributed by atoms with van der Waals surface area (Å²) in [6.07, 6.45) is 0. The Morgan fingerprint density at radius 2 is 1.13 bits per heavy atom. The van der Waals surface area contributed by atoms with E-state index in [0.717, 1.165) is 0 Å². The molecule has 0 N–H and O–H groups in total. The van der Waals surface area contributed by atoms with Gasteiger partial charge < -0.3 is 4.90 Å². The monoisotopic (exact) mass is 625 g/mol. The van der Waals surface area contributed by atoms with Crippen molar-refractivity contribution >= 4 is 48.6 Å². The van der Waals surface area contributed by atoms with Crippen LogP contribution in [0, 0.1) is 0 Å². The molecule has 0 aliphatic heterocycles. The van der Waals surface area contributed by atoms with Crippen LogP contribution in [0.15, 0.2) is 127 Å². The standard InChI is InChI=1S/C45H39NS/c1-43(2)35-20-12-10-17-30(35)32-24-23-29(27-37(32)43)46(28-15-8-7-9-16-28)38-22-14-19-34-40-39(47-42(34)38)26-25-33-31-18-11-13-21-36(31)44(3,4)45(5,6)41(33)40/h7-27H,1-6H3. The molecule has 0 atom stereocenters. The zero-order valence-electron chi connectivity index (χ0n) is 28.0. The Morgan fingerprint density at radius 1 is 0.489 bits per heavy atom. The van der Waals surface area contributed by atoms with Crippen LogP contribution >= 0.6 is 11.3 Å². The Kier molecular flexibility index (Phi) is 5.88. The van der Waals surface area contributed by atoms with E-state index in [2.05, 4.69) is 174 Å². The van der Waals surface area contributed by atoms with Crippen LogP contribution in [-0.4, -0.2) is 0 Å². The molecule has 7 aromatic rings. The van der Waals surface area contributed by atoms with E-state index in [4.69, 9.17) is 0 Å². The summed E-state index contributed by atoms with van der Waals surface area (Å²) in [5.41, 5.74) is 14.6. The van der Waals surface area contributed by atoms with Gasteiger partial charge in [-0.1, -0.05) is 133 Å². The van der Waals surface area contributed by atoms with E-state index < -0.39 is 0 Å².